The van der Waals surface area contributed by atoms with Crippen LogP contribution >= 0.6 is 0 Å². The van der Waals surface area contributed by atoms with Gasteiger partial charge in [0.2, 0.25) is 0 Å². The van der Waals surface area contributed by atoms with Crippen LogP contribution in [0.4, 0.5) is 5.69 Å². The van der Waals surface area contributed by atoms with Crippen LogP contribution in [0.5, 0.6) is 0 Å². The second kappa shape index (κ2) is 5.72. The first-order valence-electron chi connectivity index (χ1n) is 6.78. The van der Waals surface area contributed by atoms with Gasteiger partial charge in [0.1, 0.15) is 0 Å². The lowest BCUT2D eigenvalue weighted by atomic mass is 10.1. The first-order valence-corrected chi connectivity index (χ1v) is 6.78. The third-order valence-corrected chi connectivity index (χ3v) is 3.45. The summed E-state index contributed by atoms with van der Waals surface area (Å²) < 4.78 is 5.74. The zero-order valence-corrected chi connectivity index (χ0v) is 11.5. The van der Waals surface area contributed by atoms with Crippen molar-refractivity contribution >= 4 is 5.69 Å². The van der Waals surface area contributed by atoms with Crippen LogP contribution in [-0.4, -0.2) is 30.4 Å². The zero-order chi connectivity index (χ0) is 13.1. The molecule has 0 unspecified atom stereocenters. The van der Waals surface area contributed by atoms with Gasteiger partial charge in [-0.25, -0.2) is 0 Å². The van der Waals surface area contributed by atoms with Gasteiger partial charge < -0.3 is 14.7 Å². The summed E-state index contributed by atoms with van der Waals surface area (Å²) in [5, 5.41) is 9.78. The van der Waals surface area contributed by atoms with Crippen molar-refractivity contribution in [1.82, 2.24) is 0 Å². The van der Waals surface area contributed by atoms with E-state index in [1.807, 2.05) is 19.1 Å². The Morgan fingerprint density at radius 3 is 2.28 bits per heavy atom. The van der Waals surface area contributed by atoms with Gasteiger partial charge >= 0.3 is 0 Å². The third-order valence-electron chi connectivity index (χ3n) is 3.45. The van der Waals surface area contributed by atoms with E-state index in [0.717, 1.165) is 25.1 Å². The fourth-order valence-electron chi connectivity index (χ4n) is 2.53. The SMILES string of the molecule is CC[C@@H](O)c1ccc(N2C[C@@H](C)O[C@@H](C)C2)cc1. The first-order chi connectivity index (χ1) is 8.60. The van der Waals surface area contributed by atoms with Crippen molar-refractivity contribution in [2.45, 2.75) is 45.5 Å². The Kier molecular flexibility index (Phi) is 4.25. The number of nitrogens with zero attached hydrogens (tertiary/aromatic N) is 1. The maximum absolute atomic E-state index is 9.78. The van der Waals surface area contributed by atoms with Crippen molar-refractivity contribution in [1.29, 1.82) is 0 Å². The molecule has 3 atom stereocenters. The molecule has 1 aromatic carbocycles. The maximum Gasteiger partial charge on any atom is 0.0787 e. The lowest BCUT2D eigenvalue weighted by Crippen LogP contribution is -2.45. The Morgan fingerprint density at radius 1 is 1.22 bits per heavy atom. The largest absolute Gasteiger partial charge is 0.388 e. The molecule has 3 nitrogen and oxygen atoms in total. The highest BCUT2D eigenvalue weighted by molar-refractivity contribution is 5.48. The van der Waals surface area contributed by atoms with Crippen LogP contribution in [0.15, 0.2) is 24.3 Å². The highest BCUT2D eigenvalue weighted by Crippen LogP contribution is 2.23. The van der Waals surface area contributed by atoms with Gasteiger partial charge in [0.05, 0.1) is 18.3 Å². The summed E-state index contributed by atoms with van der Waals surface area (Å²) in [6.07, 6.45) is 0.955. The van der Waals surface area contributed by atoms with Crippen molar-refractivity contribution in [3.8, 4) is 0 Å². The Bertz CT molecular complexity index is 367. The molecule has 0 bridgehead atoms. The van der Waals surface area contributed by atoms with Crippen molar-refractivity contribution in [3.63, 3.8) is 0 Å². The predicted molar refractivity (Wildman–Crippen MR) is 73.9 cm³/mol. The molecule has 0 saturated carbocycles. The lowest BCUT2D eigenvalue weighted by Gasteiger charge is -2.37. The molecule has 0 amide bonds. The van der Waals surface area contributed by atoms with Gasteiger partial charge in [-0.3, -0.25) is 0 Å². The molecular formula is C15H23NO2. The third kappa shape index (κ3) is 3.03. The quantitative estimate of drug-likeness (QED) is 0.894. The van der Waals surface area contributed by atoms with Crippen molar-refractivity contribution in [2.24, 2.45) is 0 Å². The molecule has 3 heteroatoms. The number of aliphatic hydroxyl groups is 1. The Labute approximate surface area is 109 Å². The molecule has 0 spiro atoms. The van der Waals surface area contributed by atoms with Crippen LogP contribution in [0.25, 0.3) is 0 Å². The molecule has 18 heavy (non-hydrogen) atoms. The van der Waals surface area contributed by atoms with Crippen molar-refractivity contribution in [2.75, 3.05) is 18.0 Å². The minimum atomic E-state index is -0.346. The van der Waals surface area contributed by atoms with Gasteiger partial charge in [0, 0.05) is 18.8 Å². The smallest absolute Gasteiger partial charge is 0.0787 e. The maximum atomic E-state index is 9.78. The summed E-state index contributed by atoms with van der Waals surface area (Å²) in [5.41, 5.74) is 2.21. The van der Waals surface area contributed by atoms with Gasteiger partial charge in [0.25, 0.3) is 0 Å². The number of morpholine rings is 1. The Hall–Kier alpha value is -1.06. The normalized spacial score (nSPS) is 26.1. The molecule has 1 heterocycles. The van der Waals surface area contributed by atoms with Crippen LogP contribution in [0.3, 0.4) is 0 Å². The number of hydrogen-bond donors (Lipinski definition) is 1. The molecule has 1 saturated heterocycles. The van der Waals surface area contributed by atoms with Crippen molar-refractivity contribution in [3.05, 3.63) is 29.8 Å². The van der Waals surface area contributed by atoms with E-state index in [-0.39, 0.29) is 18.3 Å². The number of anilines is 1. The molecule has 2 rings (SSSR count). The second-order valence-electron chi connectivity index (χ2n) is 5.18. The predicted octanol–water partition coefficient (Wildman–Crippen LogP) is 2.74. The summed E-state index contributed by atoms with van der Waals surface area (Å²) in [5.74, 6) is 0. The minimum absolute atomic E-state index is 0.273. The summed E-state index contributed by atoms with van der Waals surface area (Å²) >= 11 is 0. The van der Waals surface area contributed by atoms with Crippen LogP contribution in [0.1, 0.15) is 38.9 Å². The first kappa shape index (κ1) is 13.4. The zero-order valence-electron chi connectivity index (χ0n) is 11.5. The van der Waals surface area contributed by atoms with E-state index in [1.54, 1.807) is 0 Å². The minimum Gasteiger partial charge on any atom is -0.388 e. The van der Waals surface area contributed by atoms with E-state index in [2.05, 4.69) is 30.9 Å². The molecule has 1 aliphatic rings. The standard InChI is InChI=1S/C15H23NO2/c1-4-15(17)13-5-7-14(8-6-13)16-9-11(2)18-12(3)10-16/h5-8,11-12,15,17H,4,9-10H2,1-3H3/t11-,12+,15-/m1/s1. The Morgan fingerprint density at radius 2 is 1.78 bits per heavy atom. The van der Waals surface area contributed by atoms with E-state index in [4.69, 9.17) is 4.74 Å². The number of aliphatic hydroxyl groups excluding tert-OH is 1. The summed E-state index contributed by atoms with van der Waals surface area (Å²) in [7, 11) is 0. The van der Waals surface area contributed by atoms with Gasteiger partial charge in [-0.15, -0.1) is 0 Å². The number of ether oxygens (including phenoxy) is 1. The Balaban J connectivity index is 2.09. The molecule has 0 aliphatic carbocycles. The molecule has 100 valence electrons. The summed E-state index contributed by atoms with van der Waals surface area (Å²) in [6, 6.07) is 8.24. The van der Waals surface area contributed by atoms with E-state index >= 15 is 0 Å². The van der Waals surface area contributed by atoms with Crippen molar-refractivity contribution < 1.29 is 9.84 Å². The highest BCUT2D eigenvalue weighted by atomic mass is 16.5. The van der Waals surface area contributed by atoms with Crippen LogP contribution in [-0.2, 0) is 4.74 Å². The highest BCUT2D eigenvalue weighted by Gasteiger charge is 2.22. The van der Waals surface area contributed by atoms with Gasteiger partial charge in [-0.1, -0.05) is 19.1 Å². The fraction of sp³-hybridized carbons (Fsp3) is 0.600. The molecule has 0 aromatic heterocycles. The number of benzene rings is 1. The molecule has 1 aliphatic heterocycles. The van der Waals surface area contributed by atoms with E-state index in [0.29, 0.717) is 0 Å². The molecule has 1 aromatic rings. The molecular weight excluding hydrogens is 226 g/mol. The van der Waals surface area contributed by atoms with E-state index < -0.39 is 0 Å². The van der Waals surface area contributed by atoms with Crippen LogP contribution < -0.4 is 4.90 Å². The second-order valence-corrected chi connectivity index (χ2v) is 5.18. The summed E-state index contributed by atoms with van der Waals surface area (Å²) in [4.78, 5) is 2.35. The lowest BCUT2D eigenvalue weighted by molar-refractivity contribution is -0.00522. The van der Waals surface area contributed by atoms with Crippen LogP contribution in [0.2, 0.25) is 0 Å². The van der Waals surface area contributed by atoms with Gasteiger partial charge in [-0.05, 0) is 38.0 Å². The topological polar surface area (TPSA) is 32.7 Å². The average Bonchev–Trinajstić information content (AvgIpc) is 2.37. The monoisotopic (exact) mass is 249 g/mol. The molecule has 0 radical (unpaired) electrons. The van der Waals surface area contributed by atoms with Gasteiger partial charge in [0.15, 0.2) is 0 Å². The van der Waals surface area contributed by atoms with Gasteiger partial charge in [-0.2, -0.15) is 0 Å². The average molecular weight is 249 g/mol. The number of hydrogen-bond acceptors (Lipinski definition) is 3. The van der Waals surface area contributed by atoms with E-state index in [1.165, 1.54) is 5.69 Å². The summed E-state index contributed by atoms with van der Waals surface area (Å²) in [6.45, 7) is 8.07. The molecule has 1 fully saturated rings. The molecule has 1 N–H and O–H groups in total. The number of rotatable bonds is 3. The van der Waals surface area contributed by atoms with E-state index in [9.17, 15) is 5.11 Å². The fourth-order valence-corrected chi connectivity index (χ4v) is 2.53. The van der Waals surface area contributed by atoms with Crippen LogP contribution in [0, 0.1) is 0 Å².